The Morgan fingerprint density at radius 1 is 1.08 bits per heavy atom. The van der Waals surface area contributed by atoms with Gasteiger partial charge in [-0.25, -0.2) is 4.98 Å². The van der Waals surface area contributed by atoms with E-state index in [0.717, 1.165) is 11.1 Å². The fraction of sp³-hybridized carbons (Fsp3) is 0.0526. The molecular weight excluding hydrogens is 302 g/mol. The summed E-state index contributed by atoms with van der Waals surface area (Å²) >= 11 is 0. The number of para-hydroxylation sites is 2. The van der Waals surface area contributed by atoms with Gasteiger partial charge in [0, 0.05) is 23.5 Å². The van der Waals surface area contributed by atoms with Crippen LogP contribution in [0.25, 0.3) is 16.7 Å². The molecule has 0 aliphatic heterocycles. The molecule has 1 N–H and O–H groups in total. The molecule has 0 radical (unpaired) electrons. The molecule has 0 aliphatic carbocycles. The number of aryl methyl sites for hydroxylation is 1. The molecule has 0 bridgehead atoms. The number of hydrogen-bond acceptors (Lipinski definition) is 3. The molecule has 2 aromatic heterocycles. The molecule has 1 amide bonds. The van der Waals surface area contributed by atoms with Gasteiger partial charge in [-0.2, -0.15) is 0 Å². The van der Waals surface area contributed by atoms with Gasteiger partial charge in [0.15, 0.2) is 0 Å². The molecule has 5 heteroatoms. The number of rotatable bonds is 3. The van der Waals surface area contributed by atoms with Crippen LogP contribution in [0.15, 0.2) is 71.4 Å². The number of anilines is 1. The largest absolute Gasteiger partial charge is 0.461 e. The number of nitrogens with zero attached hydrogens (tertiary/aromatic N) is 2. The van der Waals surface area contributed by atoms with Crippen molar-refractivity contribution in [1.82, 2.24) is 9.55 Å². The molecule has 4 rings (SSSR count). The fourth-order valence-corrected chi connectivity index (χ4v) is 2.81. The number of carbonyl (C=O) groups excluding carboxylic acids is 1. The summed E-state index contributed by atoms with van der Waals surface area (Å²) < 4.78 is 7.50. The summed E-state index contributed by atoms with van der Waals surface area (Å²) in [4.78, 5) is 17.0. The number of nitrogens with one attached hydrogen (secondary N) is 1. The molecule has 5 nitrogen and oxygen atoms in total. The Kier molecular flexibility index (Phi) is 3.39. The standard InChI is InChI=1S/C19H15N3O2/c1-13-17(15-9-5-6-10-16(15)24-13)18(23)21-19-20-11-12-22(19)14-7-3-2-4-8-14/h2-12H,1H3,(H,20,21,23). The molecule has 0 aliphatic rings. The Balaban J connectivity index is 1.70. The first kappa shape index (κ1) is 14.3. The van der Waals surface area contributed by atoms with Crippen LogP contribution < -0.4 is 5.32 Å². The van der Waals surface area contributed by atoms with Crippen LogP contribution in [0.4, 0.5) is 5.95 Å². The lowest BCUT2D eigenvalue weighted by atomic mass is 10.1. The lowest BCUT2D eigenvalue weighted by Crippen LogP contribution is -2.16. The zero-order chi connectivity index (χ0) is 16.5. The Morgan fingerprint density at radius 2 is 1.83 bits per heavy atom. The summed E-state index contributed by atoms with van der Waals surface area (Å²) in [5, 5.41) is 3.67. The highest BCUT2D eigenvalue weighted by Crippen LogP contribution is 2.26. The average Bonchev–Trinajstić information content (AvgIpc) is 3.18. The lowest BCUT2D eigenvalue weighted by molar-refractivity contribution is 0.102. The Labute approximate surface area is 138 Å². The second kappa shape index (κ2) is 5.70. The van der Waals surface area contributed by atoms with Crippen molar-refractivity contribution in [2.24, 2.45) is 0 Å². The number of furan rings is 1. The molecule has 118 valence electrons. The molecule has 2 heterocycles. The Morgan fingerprint density at radius 3 is 2.67 bits per heavy atom. The van der Waals surface area contributed by atoms with Crippen LogP contribution in [0.1, 0.15) is 16.1 Å². The Bertz CT molecular complexity index is 1020. The number of hydrogen-bond donors (Lipinski definition) is 1. The number of carbonyl (C=O) groups is 1. The smallest absolute Gasteiger partial charge is 0.262 e. The summed E-state index contributed by atoms with van der Waals surface area (Å²) in [6, 6.07) is 17.2. The third-order valence-corrected chi connectivity index (χ3v) is 3.90. The molecule has 0 saturated heterocycles. The van der Waals surface area contributed by atoms with Gasteiger partial charge in [-0.1, -0.05) is 36.4 Å². The van der Waals surface area contributed by atoms with Crippen LogP contribution in [0.5, 0.6) is 0 Å². The molecule has 4 aromatic rings. The minimum Gasteiger partial charge on any atom is -0.461 e. The van der Waals surface area contributed by atoms with Gasteiger partial charge in [0.05, 0.1) is 5.56 Å². The fourth-order valence-electron chi connectivity index (χ4n) is 2.81. The zero-order valence-corrected chi connectivity index (χ0v) is 13.1. The summed E-state index contributed by atoms with van der Waals surface area (Å²) in [5.41, 5.74) is 2.17. The van der Waals surface area contributed by atoms with E-state index < -0.39 is 0 Å². The highest BCUT2D eigenvalue weighted by atomic mass is 16.3. The van der Waals surface area contributed by atoms with Crippen LogP contribution in [0, 0.1) is 6.92 Å². The third kappa shape index (κ3) is 2.36. The summed E-state index contributed by atoms with van der Waals surface area (Å²) in [5.74, 6) is 0.822. The first-order valence-electron chi connectivity index (χ1n) is 7.62. The average molecular weight is 317 g/mol. The van der Waals surface area contributed by atoms with E-state index in [1.165, 1.54) is 0 Å². The molecule has 2 aromatic carbocycles. The molecular formula is C19H15N3O2. The number of aromatic nitrogens is 2. The van der Waals surface area contributed by atoms with E-state index in [2.05, 4.69) is 10.3 Å². The van der Waals surface area contributed by atoms with Crippen molar-refractivity contribution in [1.29, 1.82) is 0 Å². The van der Waals surface area contributed by atoms with E-state index in [0.29, 0.717) is 22.9 Å². The molecule has 0 saturated carbocycles. The highest BCUT2D eigenvalue weighted by molar-refractivity contribution is 6.12. The van der Waals surface area contributed by atoms with Crippen molar-refractivity contribution in [3.8, 4) is 5.69 Å². The van der Waals surface area contributed by atoms with Crippen LogP contribution >= 0.6 is 0 Å². The maximum Gasteiger partial charge on any atom is 0.262 e. The van der Waals surface area contributed by atoms with Crippen molar-refractivity contribution >= 4 is 22.8 Å². The van der Waals surface area contributed by atoms with Crippen molar-refractivity contribution < 1.29 is 9.21 Å². The lowest BCUT2D eigenvalue weighted by Gasteiger charge is -2.08. The SMILES string of the molecule is Cc1oc2ccccc2c1C(=O)Nc1nccn1-c1ccccc1. The Hall–Kier alpha value is -3.34. The number of amides is 1. The van der Waals surface area contributed by atoms with Crippen LogP contribution in [-0.4, -0.2) is 15.5 Å². The van der Waals surface area contributed by atoms with Crippen molar-refractivity contribution in [2.45, 2.75) is 6.92 Å². The first-order valence-corrected chi connectivity index (χ1v) is 7.62. The van der Waals surface area contributed by atoms with Crippen LogP contribution in [0.2, 0.25) is 0 Å². The van der Waals surface area contributed by atoms with E-state index >= 15 is 0 Å². The van der Waals surface area contributed by atoms with E-state index in [9.17, 15) is 4.79 Å². The second-order valence-corrected chi connectivity index (χ2v) is 5.44. The van der Waals surface area contributed by atoms with Gasteiger partial charge in [0.25, 0.3) is 5.91 Å². The van der Waals surface area contributed by atoms with Gasteiger partial charge in [0.1, 0.15) is 11.3 Å². The number of imidazole rings is 1. The number of benzene rings is 2. The van der Waals surface area contributed by atoms with Gasteiger partial charge < -0.3 is 4.42 Å². The predicted octanol–water partition coefficient (Wildman–Crippen LogP) is 4.18. The van der Waals surface area contributed by atoms with E-state index in [1.54, 1.807) is 13.1 Å². The van der Waals surface area contributed by atoms with Crippen molar-refractivity contribution in [3.63, 3.8) is 0 Å². The van der Waals surface area contributed by atoms with Gasteiger partial charge >= 0.3 is 0 Å². The molecule has 0 spiro atoms. The number of fused-ring (bicyclic) bond motifs is 1. The monoisotopic (exact) mass is 317 g/mol. The van der Waals surface area contributed by atoms with E-state index in [4.69, 9.17) is 4.42 Å². The quantitative estimate of drug-likeness (QED) is 0.616. The van der Waals surface area contributed by atoms with Crippen molar-refractivity contribution in [2.75, 3.05) is 5.32 Å². The summed E-state index contributed by atoms with van der Waals surface area (Å²) in [6.45, 7) is 1.79. The first-order chi connectivity index (χ1) is 11.7. The van der Waals surface area contributed by atoms with Gasteiger partial charge in [-0.05, 0) is 25.1 Å². The van der Waals surface area contributed by atoms with Crippen LogP contribution in [0.3, 0.4) is 0 Å². The summed E-state index contributed by atoms with van der Waals surface area (Å²) in [6.07, 6.45) is 3.47. The minimum absolute atomic E-state index is 0.235. The highest BCUT2D eigenvalue weighted by Gasteiger charge is 2.19. The minimum atomic E-state index is -0.235. The zero-order valence-electron chi connectivity index (χ0n) is 13.1. The van der Waals surface area contributed by atoms with Gasteiger partial charge in [-0.3, -0.25) is 14.7 Å². The van der Waals surface area contributed by atoms with E-state index in [-0.39, 0.29) is 5.91 Å². The molecule has 0 unspecified atom stereocenters. The van der Waals surface area contributed by atoms with Crippen molar-refractivity contribution in [3.05, 3.63) is 78.3 Å². The maximum atomic E-state index is 12.8. The second-order valence-electron chi connectivity index (χ2n) is 5.44. The topological polar surface area (TPSA) is 60.1 Å². The van der Waals surface area contributed by atoms with Gasteiger partial charge in [0.2, 0.25) is 5.95 Å². The normalized spacial score (nSPS) is 10.9. The van der Waals surface area contributed by atoms with Gasteiger partial charge in [-0.15, -0.1) is 0 Å². The van der Waals surface area contributed by atoms with E-state index in [1.807, 2.05) is 65.4 Å². The molecule has 0 fully saturated rings. The summed E-state index contributed by atoms with van der Waals surface area (Å²) in [7, 11) is 0. The molecule has 0 atom stereocenters. The third-order valence-electron chi connectivity index (χ3n) is 3.90. The maximum absolute atomic E-state index is 12.8. The molecule has 24 heavy (non-hydrogen) atoms. The predicted molar refractivity (Wildman–Crippen MR) is 92.5 cm³/mol. The van der Waals surface area contributed by atoms with Crippen LogP contribution in [-0.2, 0) is 0 Å².